The Labute approximate surface area is 224 Å². The van der Waals surface area contributed by atoms with Gasteiger partial charge in [-0.1, -0.05) is 42.5 Å². The molecule has 10 heteroatoms. The highest BCUT2D eigenvalue weighted by Crippen LogP contribution is 2.31. The van der Waals surface area contributed by atoms with Crippen LogP contribution in [0.2, 0.25) is 0 Å². The lowest BCUT2D eigenvalue weighted by molar-refractivity contribution is 0.0374. The van der Waals surface area contributed by atoms with Gasteiger partial charge in [0.2, 0.25) is 10.0 Å². The van der Waals surface area contributed by atoms with E-state index >= 15 is 0 Å². The fourth-order valence-corrected chi connectivity index (χ4v) is 6.68. The lowest BCUT2D eigenvalue weighted by Gasteiger charge is -2.39. The van der Waals surface area contributed by atoms with Gasteiger partial charge >= 0.3 is 0 Å². The lowest BCUT2D eigenvalue weighted by atomic mass is 9.96. The molecule has 2 saturated heterocycles. The van der Waals surface area contributed by atoms with E-state index in [4.69, 9.17) is 9.47 Å². The van der Waals surface area contributed by atoms with Crippen molar-refractivity contribution in [3.63, 3.8) is 0 Å². The van der Waals surface area contributed by atoms with Crippen LogP contribution in [0, 0.1) is 5.82 Å². The van der Waals surface area contributed by atoms with Gasteiger partial charge in [0.25, 0.3) is 6.02 Å². The quantitative estimate of drug-likeness (QED) is 0.474. The molecule has 2 heterocycles. The van der Waals surface area contributed by atoms with Gasteiger partial charge < -0.3 is 14.6 Å². The summed E-state index contributed by atoms with van der Waals surface area (Å²) < 4.78 is 54.8. The van der Waals surface area contributed by atoms with Crippen molar-refractivity contribution in [2.24, 2.45) is 4.99 Å². The summed E-state index contributed by atoms with van der Waals surface area (Å²) in [6, 6.07) is 13.2. The molecular weight excluding hydrogens is 509 g/mol. The third kappa shape index (κ3) is 7.31. The Balaban J connectivity index is 1.41. The molecule has 2 unspecified atom stereocenters. The Morgan fingerprint density at radius 2 is 1.82 bits per heavy atom. The molecule has 4 rings (SSSR count). The van der Waals surface area contributed by atoms with Crippen LogP contribution >= 0.6 is 0 Å². The molecule has 2 aromatic rings. The van der Waals surface area contributed by atoms with Crippen LogP contribution in [0.15, 0.2) is 53.5 Å². The van der Waals surface area contributed by atoms with Crippen LogP contribution < -0.4 is 4.72 Å². The maximum Gasteiger partial charge on any atom is 0.299 e. The topological polar surface area (TPSA) is 100 Å². The van der Waals surface area contributed by atoms with Gasteiger partial charge in [-0.2, -0.15) is 0 Å². The fourth-order valence-electron chi connectivity index (χ4n) is 5.00. The molecular formula is C28H38FN3O5S. The largest absolute Gasteiger partial charge is 0.457 e. The first-order valence-corrected chi connectivity index (χ1v) is 14.7. The van der Waals surface area contributed by atoms with Crippen molar-refractivity contribution >= 4 is 16.0 Å². The second-order valence-corrected chi connectivity index (χ2v) is 12.3. The summed E-state index contributed by atoms with van der Waals surface area (Å²) in [4.78, 5) is 6.77. The van der Waals surface area contributed by atoms with E-state index in [9.17, 15) is 17.9 Å². The molecule has 0 aromatic heterocycles. The second-order valence-electron chi connectivity index (χ2n) is 10.4. The van der Waals surface area contributed by atoms with Gasteiger partial charge in [-0.15, -0.1) is 0 Å². The van der Waals surface area contributed by atoms with Gasteiger partial charge in [-0.25, -0.2) is 22.5 Å². The number of ether oxygens (including phenoxy) is 2. The molecule has 0 spiro atoms. The van der Waals surface area contributed by atoms with Gasteiger partial charge in [-0.3, -0.25) is 4.90 Å². The number of hydrogen-bond donors (Lipinski definition) is 2. The van der Waals surface area contributed by atoms with Crippen LogP contribution in [0.5, 0.6) is 0 Å². The average Bonchev–Trinajstić information content (AvgIpc) is 2.87. The number of hydrogen-bond acceptors (Lipinski definition) is 7. The number of aliphatic hydroxyl groups is 1. The molecule has 0 amide bonds. The third-order valence-corrected chi connectivity index (χ3v) is 9.11. The van der Waals surface area contributed by atoms with E-state index in [1.165, 1.54) is 11.6 Å². The molecule has 2 atom stereocenters. The van der Waals surface area contributed by atoms with Gasteiger partial charge in [0.05, 0.1) is 19.3 Å². The summed E-state index contributed by atoms with van der Waals surface area (Å²) in [5.74, 6) is -0.476. The first-order chi connectivity index (χ1) is 18.2. The van der Waals surface area contributed by atoms with Crippen molar-refractivity contribution in [2.45, 2.75) is 56.4 Å². The molecule has 208 valence electrons. The second kappa shape index (κ2) is 12.5. The number of benzene rings is 2. The zero-order valence-corrected chi connectivity index (χ0v) is 22.9. The monoisotopic (exact) mass is 547 g/mol. The standard InChI is InChI=1S/C28H38FN3O5S/c1-28(2)26(20-22-11-9-21(10-12-22)6-5-14-32-15-18-36-19-16-32)38(34,35)31-27(37-28)30-25(13-17-33)23-7-3-4-8-24(23)29/h3-4,7-12,25-26,33H,5-6,13-20H2,1-2H3,(H,30,31). The maximum atomic E-state index is 14.4. The molecule has 2 aliphatic rings. The molecule has 2 N–H and O–H groups in total. The highest BCUT2D eigenvalue weighted by atomic mass is 32.2. The molecule has 0 radical (unpaired) electrons. The van der Waals surface area contributed by atoms with Crippen LogP contribution in [-0.4, -0.2) is 74.8 Å². The van der Waals surface area contributed by atoms with E-state index in [1.54, 1.807) is 32.0 Å². The Hall–Kier alpha value is -2.53. The van der Waals surface area contributed by atoms with Crippen molar-refractivity contribution < 1.29 is 27.4 Å². The number of nitrogens with zero attached hydrogens (tertiary/aromatic N) is 2. The third-order valence-electron chi connectivity index (χ3n) is 7.17. The predicted octanol–water partition coefficient (Wildman–Crippen LogP) is 3.21. The van der Waals surface area contributed by atoms with Crippen LogP contribution in [0.4, 0.5) is 4.39 Å². The van der Waals surface area contributed by atoms with Gasteiger partial charge in [0.15, 0.2) is 0 Å². The molecule has 2 aliphatic heterocycles. The van der Waals surface area contributed by atoms with Crippen LogP contribution in [-0.2, 0) is 32.3 Å². The van der Waals surface area contributed by atoms with Crippen LogP contribution in [0.1, 0.15) is 49.4 Å². The SMILES string of the molecule is CC1(C)OC(=NC(CCO)c2ccccc2F)NS(=O)(=O)C1Cc1ccc(CCCN2CCOCC2)cc1. The van der Waals surface area contributed by atoms with E-state index in [0.29, 0.717) is 0 Å². The highest BCUT2D eigenvalue weighted by Gasteiger charge is 2.47. The zero-order valence-electron chi connectivity index (χ0n) is 22.1. The molecule has 8 nitrogen and oxygen atoms in total. The summed E-state index contributed by atoms with van der Waals surface area (Å²) in [5.41, 5.74) is 1.30. The van der Waals surface area contributed by atoms with E-state index in [1.807, 2.05) is 12.1 Å². The number of nitrogens with one attached hydrogen (secondary N) is 1. The summed E-state index contributed by atoms with van der Waals surface area (Å²) in [5, 5.41) is 8.62. The number of morpholine rings is 1. The zero-order chi connectivity index (χ0) is 27.2. The van der Waals surface area contributed by atoms with Gasteiger partial charge in [-0.05, 0) is 63.3 Å². The first kappa shape index (κ1) is 28.5. The van der Waals surface area contributed by atoms with Crippen molar-refractivity contribution in [3.05, 3.63) is 71.0 Å². The number of rotatable bonds is 10. The normalized spacial score (nSPS) is 22.9. The Bertz CT molecular complexity index is 1200. The number of sulfonamides is 1. The molecule has 0 bridgehead atoms. The van der Waals surface area contributed by atoms with Crippen molar-refractivity contribution in [1.29, 1.82) is 0 Å². The summed E-state index contributed by atoms with van der Waals surface area (Å²) in [6.45, 7) is 7.81. The number of amidine groups is 1. The van der Waals surface area contributed by atoms with E-state index < -0.39 is 32.7 Å². The number of halogens is 1. The van der Waals surface area contributed by atoms with Gasteiger partial charge in [0, 0.05) is 25.3 Å². The number of aliphatic hydroxyl groups excluding tert-OH is 1. The summed E-state index contributed by atoms with van der Waals surface area (Å²) in [6.07, 6.45) is 2.43. The maximum absolute atomic E-state index is 14.4. The van der Waals surface area contributed by atoms with Crippen molar-refractivity contribution in [1.82, 2.24) is 9.62 Å². The molecule has 2 aromatic carbocycles. The van der Waals surface area contributed by atoms with E-state index in [2.05, 4.69) is 26.7 Å². The fraction of sp³-hybridized carbons (Fsp3) is 0.536. The van der Waals surface area contributed by atoms with E-state index in [-0.39, 0.29) is 31.0 Å². The minimum Gasteiger partial charge on any atom is -0.457 e. The van der Waals surface area contributed by atoms with Crippen LogP contribution in [0.25, 0.3) is 0 Å². The number of aliphatic imine (C=N–C) groups is 1. The number of aryl methyl sites for hydroxylation is 1. The molecule has 0 aliphatic carbocycles. The lowest BCUT2D eigenvalue weighted by Crippen LogP contribution is -2.59. The predicted molar refractivity (Wildman–Crippen MR) is 145 cm³/mol. The van der Waals surface area contributed by atoms with Crippen LogP contribution in [0.3, 0.4) is 0 Å². The Kier molecular flexibility index (Phi) is 9.40. The average molecular weight is 548 g/mol. The molecule has 38 heavy (non-hydrogen) atoms. The minimum atomic E-state index is -3.85. The Morgan fingerprint density at radius 3 is 2.47 bits per heavy atom. The first-order valence-electron chi connectivity index (χ1n) is 13.2. The highest BCUT2D eigenvalue weighted by molar-refractivity contribution is 7.90. The summed E-state index contributed by atoms with van der Waals surface area (Å²) >= 11 is 0. The Morgan fingerprint density at radius 1 is 1.13 bits per heavy atom. The summed E-state index contributed by atoms with van der Waals surface area (Å²) in [7, 11) is -3.85. The molecule has 0 saturated carbocycles. The van der Waals surface area contributed by atoms with Crippen molar-refractivity contribution in [3.8, 4) is 0 Å². The van der Waals surface area contributed by atoms with E-state index in [0.717, 1.165) is 51.3 Å². The van der Waals surface area contributed by atoms with Crippen molar-refractivity contribution in [2.75, 3.05) is 39.5 Å². The van der Waals surface area contributed by atoms with Gasteiger partial charge in [0.1, 0.15) is 16.7 Å². The molecule has 2 fully saturated rings. The minimum absolute atomic E-state index is 0.123. The smallest absolute Gasteiger partial charge is 0.299 e.